The van der Waals surface area contributed by atoms with Gasteiger partial charge in [-0.05, 0) is 81.0 Å². The molecule has 0 radical (unpaired) electrons. The van der Waals surface area contributed by atoms with E-state index in [-0.39, 0.29) is 11.4 Å². The summed E-state index contributed by atoms with van der Waals surface area (Å²) < 4.78 is 5.47. The first-order chi connectivity index (χ1) is 9.80. The number of ether oxygens (including phenoxy) is 1. The van der Waals surface area contributed by atoms with Crippen molar-refractivity contribution in [2.75, 3.05) is 0 Å². The van der Waals surface area contributed by atoms with Crippen molar-refractivity contribution in [1.82, 2.24) is 0 Å². The van der Waals surface area contributed by atoms with Crippen LogP contribution in [0.2, 0.25) is 5.02 Å². The molecule has 3 heteroatoms. The molecule has 0 amide bonds. The molecule has 0 aromatic heterocycles. The van der Waals surface area contributed by atoms with E-state index in [1.807, 2.05) is 26.8 Å². The highest BCUT2D eigenvalue weighted by Crippen LogP contribution is 2.62. The van der Waals surface area contributed by atoms with Gasteiger partial charge in [0, 0.05) is 11.4 Å². The van der Waals surface area contributed by atoms with Gasteiger partial charge in [-0.25, -0.2) is 0 Å². The van der Waals surface area contributed by atoms with E-state index in [1.165, 1.54) is 24.0 Å². The number of fused-ring (bicyclic) bond motifs is 2. The normalized spacial score (nSPS) is 27.3. The third-order valence-electron chi connectivity index (χ3n) is 4.74. The predicted octanol–water partition coefficient (Wildman–Crippen LogP) is 4.67. The molecule has 21 heavy (non-hydrogen) atoms. The lowest BCUT2D eigenvalue weighted by Crippen LogP contribution is -2.25. The van der Waals surface area contributed by atoms with Crippen molar-refractivity contribution in [2.45, 2.75) is 63.9 Å². The van der Waals surface area contributed by atoms with Gasteiger partial charge in [0.25, 0.3) is 0 Å². The highest BCUT2D eigenvalue weighted by molar-refractivity contribution is 6.30. The number of rotatable bonds is 2. The van der Waals surface area contributed by atoms with Gasteiger partial charge in [-0.15, -0.1) is 0 Å². The zero-order valence-corrected chi connectivity index (χ0v) is 13.8. The van der Waals surface area contributed by atoms with Crippen molar-refractivity contribution < 1.29 is 9.53 Å². The topological polar surface area (TPSA) is 26.3 Å². The van der Waals surface area contributed by atoms with Crippen molar-refractivity contribution in [3.63, 3.8) is 0 Å². The van der Waals surface area contributed by atoms with E-state index in [1.54, 1.807) is 0 Å². The summed E-state index contributed by atoms with van der Waals surface area (Å²) in [7, 11) is 0. The van der Waals surface area contributed by atoms with E-state index in [9.17, 15) is 4.79 Å². The third-order valence-corrected chi connectivity index (χ3v) is 4.98. The zero-order valence-electron chi connectivity index (χ0n) is 13.0. The first-order valence-electron chi connectivity index (χ1n) is 7.81. The van der Waals surface area contributed by atoms with Gasteiger partial charge in [0.2, 0.25) is 0 Å². The van der Waals surface area contributed by atoms with E-state index in [0.29, 0.717) is 12.3 Å². The second-order valence-electron chi connectivity index (χ2n) is 7.50. The smallest absolute Gasteiger partial charge is 0.306 e. The fourth-order valence-electron chi connectivity index (χ4n) is 3.83. The summed E-state index contributed by atoms with van der Waals surface area (Å²) in [6, 6.07) is 6.25. The van der Waals surface area contributed by atoms with Crippen LogP contribution in [0.3, 0.4) is 0 Å². The van der Waals surface area contributed by atoms with Gasteiger partial charge >= 0.3 is 5.97 Å². The van der Waals surface area contributed by atoms with Gasteiger partial charge < -0.3 is 4.74 Å². The Morgan fingerprint density at radius 1 is 1.43 bits per heavy atom. The molecule has 1 spiro atoms. The fourth-order valence-corrected chi connectivity index (χ4v) is 4.00. The third kappa shape index (κ3) is 2.96. The summed E-state index contributed by atoms with van der Waals surface area (Å²) in [4.78, 5) is 12.1. The first kappa shape index (κ1) is 14.9. The fraction of sp³-hybridized carbons (Fsp3) is 0.611. The van der Waals surface area contributed by atoms with Crippen molar-refractivity contribution in [2.24, 2.45) is 5.92 Å². The summed E-state index contributed by atoms with van der Waals surface area (Å²) >= 11 is 6.18. The van der Waals surface area contributed by atoms with Gasteiger partial charge in [-0.1, -0.05) is 17.7 Å². The van der Waals surface area contributed by atoms with Crippen molar-refractivity contribution in [1.29, 1.82) is 0 Å². The van der Waals surface area contributed by atoms with E-state index in [0.717, 1.165) is 17.9 Å². The molecule has 2 aliphatic carbocycles. The number of halogens is 1. The van der Waals surface area contributed by atoms with Crippen LogP contribution in [0.4, 0.5) is 0 Å². The number of carbonyl (C=O) groups is 1. The van der Waals surface area contributed by atoms with Crippen LogP contribution < -0.4 is 0 Å². The van der Waals surface area contributed by atoms with Gasteiger partial charge in [0.15, 0.2) is 0 Å². The van der Waals surface area contributed by atoms with Crippen LogP contribution in [0.5, 0.6) is 0 Å². The molecule has 0 aliphatic heterocycles. The molecule has 2 aliphatic rings. The molecule has 0 heterocycles. The minimum absolute atomic E-state index is 0.0708. The Balaban J connectivity index is 1.75. The van der Waals surface area contributed by atoms with E-state index >= 15 is 0 Å². The Morgan fingerprint density at radius 2 is 2.19 bits per heavy atom. The monoisotopic (exact) mass is 306 g/mol. The SMILES string of the molecule is CC(C)(C)OC(=O)CC1CC12CCCc1ccc(Cl)cc12. The van der Waals surface area contributed by atoms with Crippen LogP contribution in [-0.2, 0) is 21.4 Å². The number of hydrogen-bond acceptors (Lipinski definition) is 2. The Labute approximate surface area is 131 Å². The minimum atomic E-state index is -0.396. The molecule has 1 aromatic rings. The first-order valence-corrected chi connectivity index (χ1v) is 8.19. The van der Waals surface area contributed by atoms with Crippen LogP contribution in [0.25, 0.3) is 0 Å². The molecule has 0 bridgehead atoms. The lowest BCUT2D eigenvalue weighted by atomic mass is 9.78. The quantitative estimate of drug-likeness (QED) is 0.742. The highest BCUT2D eigenvalue weighted by Gasteiger charge is 2.57. The van der Waals surface area contributed by atoms with E-state index < -0.39 is 5.60 Å². The standard InChI is InChI=1S/C18H23ClO2/c1-17(2,3)21-16(20)9-13-11-18(13)8-4-5-12-6-7-14(19)10-15(12)18/h6-7,10,13H,4-5,8-9,11H2,1-3H3. The molecule has 0 N–H and O–H groups in total. The Hall–Kier alpha value is -1.02. The van der Waals surface area contributed by atoms with Gasteiger partial charge in [-0.2, -0.15) is 0 Å². The van der Waals surface area contributed by atoms with Gasteiger partial charge in [0.1, 0.15) is 5.60 Å². The molecular formula is C18H23ClO2. The number of hydrogen-bond donors (Lipinski definition) is 0. The average Bonchev–Trinajstić information content (AvgIpc) is 3.01. The molecule has 114 valence electrons. The average molecular weight is 307 g/mol. The molecular weight excluding hydrogens is 284 g/mol. The number of aryl methyl sites for hydroxylation is 1. The Kier molecular flexibility index (Phi) is 3.56. The summed E-state index contributed by atoms with van der Waals surface area (Å²) in [6.45, 7) is 5.76. The maximum atomic E-state index is 12.1. The summed E-state index contributed by atoms with van der Waals surface area (Å²) in [5, 5.41) is 0.804. The second-order valence-corrected chi connectivity index (χ2v) is 7.94. The van der Waals surface area contributed by atoms with E-state index in [4.69, 9.17) is 16.3 Å². The van der Waals surface area contributed by atoms with Crippen molar-refractivity contribution in [3.05, 3.63) is 34.3 Å². The molecule has 2 atom stereocenters. The Bertz CT molecular complexity index is 573. The lowest BCUT2D eigenvalue weighted by Gasteiger charge is -2.27. The maximum Gasteiger partial charge on any atom is 0.306 e. The zero-order chi connectivity index (χ0) is 15.3. The van der Waals surface area contributed by atoms with Gasteiger partial charge in [-0.3, -0.25) is 4.79 Å². The largest absolute Gasteiger partial charge is 0.460 e. The lowest BCUT2D eigenvalue weighted by molar-refractivity contribution is -0.155. The summed E-state index contributed by atoms with van der Waals surface area (Å²) in [5.41, 5.74) is 2.59. The van der Waals surface area contributed by atoms with Crippen LogP contribution in [0.15, 0.2) is 18.2 Å². The summed E-state index contributed by atoms with van der Waals surface area (Å²) in [6.07, 6.45) is 5.14. The molecule has 1 aromatic carbocycles. The second kappa shape index (κ2) is 5.01. The number of esters is 1. The number of carbonyl (C=O) groups excluding carboxylic acids is 1. The molecule has 2 unspecified atom stereocenters. The minimum Gasteiger partial charge on any atom is -0.460 e. The van der Waals surface area contributed by atoms with E-state index in [2.05, 4.69) is 12.1 Å². The molecule has 1 saturated carbocycles. The summed E-state index contributed by atoms with van der Waals surface area (Å²) in [5.74, 6) is 0.350. The van der Waals surface area contributed by atoms with Crippen LogP contribution in [0.1, 0.15) is 57.6 Å². The molecule has 1 fully saturated rings. The van der Waals surface area contributed by atoms with Crippen LogP contribution in [0, 0.1) is 5.92 Å². The van der Waals surface area contributed by atoms with Crippen molar-refractivity contribution >= 4 is 17.6 Å². The maximum absolute atomic E-state index is 12.1. The van der Waals surface area contributed by atoms with Crippen molar-refractivity contribution in [3.8, 4) is 0 Å². The molecule has 0 saturated heterocycles. The highest BCUT2D eigenvalue weighted by atomic mass is 35.5. The number of benzene rings is 1. The predicted molar refractivity (Wildman–Crippen MR) is 84.6 cm³/mol. The van der Waals surface area contributed by atoms with Crippen LogP contribution in [-0.4, -0.2) is 11.6 Å². The van der Waals surface area contributed by atoms with Crippen LogP contribution >= 0.6 is 11.6 Å². The van der Waals surface area contributed by atoms with Gasteiger partial charge in [0.05, 0.1) is 0 Å². The molecule has 2 nitrogen and oxygen atoms in total. The molecule has 3 rings (SSSR count). The Morgan fingerprint density at radius 3 is 2.90 bits per heavy atom.